The first kappa shape index (κ1) is 17.5. The van der Waals surface area contributed by atoms with Crippen LogP contribution in [0.1, 0.15) is 28.9 Å². The summed E-state index contributed by atoms with van der Waals surface area (Å²) in [6, 6.07) is 1.72. The third kappa shape index (κ3) is 4.47. The van der Waals surface area contributed by atoms with Crippen LogP contribution in [0.15, 0.2) is 16.9 Å². The summed E-state index contributed by atoms with van der Waals surface area (Å²) in [7, 11) is 0. The van der Waals surface area contributed by atoms with E-state index in [1.807, 2.05) is 0 Å². The second-order valence-corrected chi connectivity index (χ2v) is 4.62. The molecule has 21 heavy (non-hydrogen) atoms. The van der Waals surface area contributed by atoms with Crippen molar-refractivity contribution in [1.29, 1.82) is 0 Å². The molecule has 0 radical (unpaired) electrons. The number of amides is 1. The van der Waals surface area contributed by atoms with Gasteiger partial charge in [0.05, 0.1) is 0 Å². The van der Waals surface area contributed by atoms with Gasteiger partial charge in [0.1, 0.15) is 11.3 Å². The van der Waals surface area contributed by atoms with Gasteiger partial charge in [0.15, 0.2) is 0 Å². The van der Waals surface area contributed by atoms with Crippen molar-refractivity contribution >= 4 is 18.3 Å². The molecule has 1 aromatic rings. The van der Waals surface area contributed by atoms with Crippen LogP contribution in [0.5, 0.6) is 0 Å². The zero-order valence-corrected chi connectivity index (χ0v) is 11.7. The third-order valence-electron chi connectivity index (χ3n) is 3.13. The average molecular weight is 326 g/mol. The number of rotatable bonds is 3. The van der Waals surface area contributed by atoms with Gasteiger partial charge in [-0.15, -0.1) is 12.4 Å². The Morgan fingerprint density at radius 1 is 1.38 bits per heavy atom. The van der Waals surface area contributed by atoms with E-state index in [9.17, 15) is 22.8 Å². The molecule has 1 unspecified atom stereocenters. The van der Waals surface area contributed by atoms with Crippen molar-refractivity contribution in [3.8, 4) is 0 Å². The Balaban J connectivity index is 0.00000220. The highest BCUT2D eigenvalue weighted by molar-refractivity contribution is 5.93. The van der Waals surface area contributed by atoms with Crippen LogP contribution in [-0.2, 0) is 6.18 Å². The van der Waals surface area contributed by atoms with E-state index in [1.165, 1.54) is 0 Å². The number of aromatic amines is 1. The van der Waals surface area contributed by atoms with Crippen LogP contribution in [0.25, 0.3) is 0 Å². The number of nitrogens with one attached hydrogen (secondary N) is 3. The maximum Gasteiger partial charge on any atom is 0.431 e. The standard InChI is InChI=1S/C12H14F3N3O2.ClH/c13-12(14,15)9-4-3-8(11(20)18-9)10(19)17-6-7-2-1-5-16-7;/h3-4,7,16H,1-2,5-6H2,(H,17,19)(H,18,20);1H. The molecular weight excluding hydrogens is 311 g/mol. The third-order valence-corrected chi connectivity index (χ3v) is 3.13. The molecule has 118 valence electrons. The van der Waals surface area contributed by atoms with Gasteiger partial charge in [-0.05, 0) is 31.5 Å². The number of carbonyl (C=O) groups excluding carboxylic acids is 1. The van der Waals surface area contributed by atoms with Crippen LogP contribution in [0.2, 0.25) is 0 Å². The van der Waals surface area contributed by atoms with Gasteiger partial charge in [-0.25, -0.2) is 0 Å². The lowest BCUT2D eigenvalue weighted by Crippen LogP contribution is -2.39. The first-order chi connectivity index (χ1) is 9.38. The topological polar surface area (TPSA) is 74.0 Å². The molecule has 0 aliphatic carbocycles. The first-order valence-electron chi connectivity index (χ1n) is 6.20. The lowest BCUT2D eigenvalue weighted by atomic mass is 10.2. The number of H-pyrrole nitrogens is 1. The fourth-order valence-corrected chi connectivity index (χ4v) is 2.06. The van der Waals surface area contributed by atoms with E-state index in [0.717, 1.165) is 25.5 Å². The SMILES string of the molecule is Cl.O=C(NCC1CCCN1)c1ccc(C(F)(F)F)[nH]c1=O. The molecule has 1 aliphatic heterocycles. The van der Waals surface area contributed by atoms with Gasteiger partial charge in [0.2, 0.25) is 0 Å². The number of halogens is 4. The smallest absolute Gasteiger partial charge is 0.350 e. The molecule has 1 fully saturated rings. The lowest BCUT2D eigenvalue weighted by Gasteiger charge is -2.11. The Labute approximate surface area is 124 Å². The number of hydrogen-bond acceptors (Lipinski definition) is 3. The van der Waals surface area contributed by atoms with E-state index in [1.54, 1.807) is 4.98 Å². The van der Waals surface area contributed by atoms with Crippen molar-refractivity contribution in [2.45, 2.75) is 25.1 Å². The van der Waals surface area contributed by atoms with Crippen molar-refractivity contribution in [2.75, 3.05) is 13.1 Å². The van der Waals surface area contributed by atoms with Crippen molar-refractivity contribution in [3.05, 3.63) is 33.7 Å². The number of pyridine rings is 1. The van der Waals surface area contributed by atoms with Crippen LogP contribution in [0.3, 0.4) is 0 Å². The second kappa shape index (κ2) is 6.95. The van der Waals surface area contributed by atoms with Gasteiger partial charge < -0.3 is 15.6 Å². The molecule has 0 aromatic carbocycles. The molecule has 3 N–H and O–H groups in total. The molecule has 1 aromatic heterocycles. The van der Waals surface area contributed by atoms with E-state index in [4.69, 9.17) is 0 Å². The summed E-state index contributed by atoms with van der Waals surface area (Å²) in [4.78, 5) is 24.9. The van der Waals surface area contributed by atoms with E-state index in [2.05, 4.69) is 10.6 Å². The molecule has 1 aliphatic rings. The van der Waals surface area contributed by atoms with E-state index in [-0.39, 0.29) is 24.0 Å². The lowest BCUT2D eigenvalue weighted by molar-refractivity contribution is -0.141. The van der Waals surface area contributed by atoms with Gasteiger partial charge in [-0.3, -0.25) is 9.59 Å². The predicted octanol–water partition coefficient (Wildman–Crippen LogP) is 1.30. The zero-order chi connectivity index (χ0) is 14.8. The summed E-state index contributed by atoms with van der Waals surface area (Å²) in [6.45, 7) is 1.22. The quantitative estimate of drug-likeness (QED) is 0.784. The highest BCUT2D eigenvalue weighted by Crippen LogP contribution is 2.26. The Hall–Kier alpha value is -1.54. The Kier molecular flexibility index (Phi) is 5.79. The highest BCUT2D eigenvalue weighted by atomic mass is 35.5. The summed E-state index contributed by atoms with van der Waals surface area (Å²) in [5, 5.41) is 5.69. The number of aromatic nitrogens is 1. The summed E-state index contributed by atoms with van der Waals surface area (Å²) >= 11 is 0. The summed E-state index contributed by atoms with van der Waals surface area (Å²) in [5.41, 5.74) is -2.54. The molecule has 2 rings (SSSR count). The number of alkyl halides is 3. The van der Waals surface area contributed by atoms with E-state index < -0.39 is 23.3 Å². The molecular formula is C12H15ClF3N3O2. The van der Waals surface area contributed by atoms with Gasteiger partial charge >= 0.3 is 6.18 Å². The maximum absolute atomic E-state index is 12.4. The van der Waals surface area contributed by atoms with Gasteiger partial charge in [0.25, 0.3) is 11.5 Å². The predicted molar refractivity (Wildman–Crippen MR) is 72.7 cm³/mol. The van der Waals surface area contributed by atoms with Crippen LogP contribution < -0.4 is 16.2 Å². The van der Waals surface area contributed by atoms with Gasteiger partial charge in [0, 0.05) is 12.6 Å². The minimum atomic E-state index is -4.64. The average Bonchev–Trinajstić information content (AvgIpc) is 2.87. The normalized spacial score (nSPS) is 18.1. The monoisotopic (exact) mass is 325 g/mol. The van der Waals surface area contributed by atoms with E-state index >= 15 is 0 Å². The molecule has 5 nitrogen and oxygen atoms in total. The Morgan fingerprint density at radius 2 is 2.10 bits per heavy atom. The highest BCUT2D eigenvalue weighted by Gasteiger charge is 2.32. The molecule has 1 saturated heterocycles. The van der Waals surface area contributed by atoms with Gasteiger partial charge in [-0.2, -0.15) is 13.2 Å². The molecule has 1 amide bonds. The fourth-order valence-electron chi connectivity index (χ4n) is 2.06. The Bertz CT molecular complexity index is 553. The van der Waals surface area contributed by atoms with Crippen LogP contribution in [0, 0.1) is 0 Å². The number of carbonyl (C=O) groups is 1. The molecule has 0 spiro atoms. The van der Waals surface area contributed by atoms with Crippen molar-refractivity contribution < 1.29 is 18.0 Å². The molecule has 0 saturated carbocycles. The van der Waals surface area contributed by atoms with E-state index in [0.29, 0.717) is 12.6 Å². The van der Waals surface area contributed by atoms with Crippen LogP contribution >= 0.6 is 12.4 Å². The molecule has 2 heterocycles. The fraction of sp³-hybridized carbons (Fsp3) is 0.500. The van der Waals surface area contributed by atoms with Crippen molar-refractivity contribution in [2.24, 2.45) is 0 Å². The van der Waals surface area contributed by atoms with Crippen molar-refractivity contribution in [3.63, 3.8) is 0 Å². The minimum Gasteiger partial charge on any atom is -0.350 e. The van der Waals surface area contributed by atoms with Gasteiger partial charge in [-0.1, -0.05) is 0 Å². The zero-order valence-electron chi connectivity index (χ0n) is 10.9. The largest absolute Gasteiger partial charge is 0.431 e. The van der Waals surface area contributed by atoms with Crippen LogP contribution in [-0.4, -0.2) is 30.0 Å². The summed E-state index contributed by atoms with van der Waals surface area (Å²) in [5.74, 6) is -0.673. The number of hydrogen-bond donors (Lipinski definition) is 3. The Morgan fingerprint density at radius 3 is 2.62 bits per heavy atom. The molecule has 0 bridgehead atoms. The first-order valence-corrected chi connectivity index (χ1v) is 6.20. The second-order valence-electron chi connectivity index (χ2n) is 4.62. The van der Waals surface area contributed by atoms with Crippen molar-refractivity contribution in [1.82, 2.24) is 15.6 Å². The summed E-state index contributed by atoms with van der Waals surface area (Å²) < 4.78 is 37.1. The summed E-state index contributed by atoms with van der Waals surface area (Å²) in [6.07, 6.45) is -2.70. The minimum absolute atomic E-state index is 0. The maximum atomic E-state index is 12.4. The van der Waals surface area contributed by atoms with Crippen LogP contribution in [0.4, 0.5) is 13.2 Å². The molecule has 1 atom stereocenters. The molecule has 9 heteroatoms.